The molecule has 0 spiro atoms. The number of rotatable bonds is 1. The van der Waals surface area contributed by atoms with Gasteiger partial charge in [0.15, 0.2) is 0 Å². The van der Waals surface area contributed by atoms with Gasteiger partial charge in [0.25, 0.3) is 0 Å². The lowest BCUT2D eigenvalue weighted by Crippen LogP contribution is -2.40. The van der Waals surface area contributed by atoms with Crippen LogP contribution in [-0.4, -0.2) is 8.07 Å². The minimum Gasteiger partial charge on any atom is -0.206 e. The molecule has 0 unspecified atom stereocenters. The summed E-state index contributed by atoms with van der Waals surface area (Å²) in [4.78, 5) is 0. The SMILES string of the molecule is Cc1cc(Br)c(F)c([Si](C)(C)C)c1. The minimum absolute atomic E-state index is 0.0789. The molecule has 0 nitrogen and oxygen atoms in total. The quantitative estimate of drug-likeness (QED) is 0.679. The smallest absolute Gasteiger partial charge is 0.136 e. The standard InChI is InChI=1S/C10H14BrFSi/c1-7-5-8(11)10(12)9(6-7)13(2,3)4/h5-6H,1-4H3. The normalized spacial score (nSPS) is 11.8. The van der Waals surface area contributed by atoms with E-state index in [-0.39, 0.29) is 5.82 Å². The molecule has 0 N–H and O–H groups in total. The van der Waals surface area contributed by atoms with E-state index in [1.54, 1.807) is 0 Å². The Morgan fingerprint density at radius 2 is 1.77 bits per heavy atom. The van der Waals surface area contributed by atoms with E-state index in [2.05, 4.69) is 35.6 Å². The van der Waals surface area contributed by atoms with Gasteiger partial charge in [0, 0.05) is 0 Å². The van der Waals surface area contributed by atoms with E-state index >= 15 is 0 Å². The number of hydrogen-bond donors (Lipinski definition) is 0. The highest BCUT2D eigenvalue weighted by Crippen LogP contribution is 2.18. The van der Waals surface area contributed by atoms with E-state index in [1.807, 2.05) is 19.1 Å². The Bertz CT molecular complexity index is 328. The van der Waals surface area contributed by atoms with Crippen molar-refractivity contribution in [3.63, 3.8) is 0 Å². The fourth-order valence-corrected chi connectivity index (χ4v) is 3.48. The van der Waals surface area contributed by atoms with Crippen molar-refractivity contribution in [2.75, 3.05) is 0 Å². The second-order valence-corrected chi connectivity index (χ2v) is 10.3. The van der Waals surface area contributed by atoms with E-state index in [4.69, 9.17) is 0 Å². The zero-order valence-electron chi connectivity index (χ0n) is 8.41. The molecule has 0 aliphatic heterocycles. The molecule has 0 fully saturated rings. The molecule has 72 valence electrons. The predicted octanol–water partition coefficient (Wildman–Crippen LogP) is 3.44. The molecular formula is C10H14BrFSi. The maximum absolute atomic E-state index is 13.7. The van der Waals surface area contributed by atoms with Crippen molar-refractivity contribution in [3.05, 3.63) is 28.0 Å². The number of aryl methyl sites for hydroxylation is 1. The van der Waals surface area contributed by atoms with E-state index in [0.717, 1.165) is 10.8 Å². The molecule has 0 saturated heterocycles. The van der Waals surface area contributed by atoms with Crippen molar-refractivity contribution in [2.45, 2.75) is 26.6 Å². The summed E-state index contributed by atoms with van der Waals surface area (Å²) >= 11 is 3.24. The van der Waals surface area contributed by atoms with E-state index in [1.165, 1.54) is 0 Å². The highest BCUT2D eigenvalue weighted by Gasteiger charge is 2.22. The first-order chi connectivity index (χ1) is 5.82. The molecule has 3 heteroatoms. The topological polar surface area (TPSA) is 0 Å². The van der Waals surface area contributed by atoms with E-state index in [0.29, 0.717) is 4.47 Å². The van der Waals surface area contributed by atoms with Crippen molar-refractivity contribution in [2.24, 2.45) is 0 Å². The lowest BCUT2D eigenvalue weighted by molar-refractivity contribution is 0.628. The largest absolute Gasteiger partial charge is 0.206 e. The van der Waals surface area contributed by atoms with E-state index in [9.17, 15) is 4.39 Å². The summed E-state index contributed by atoms with van der Waals surface area (Å²) < 4.78 is 14.3. The molecule has 0 amide bonds. The lowest BCUT2D eigenvalue weighted by atomic mass is 10.2. The van der Waals surface area contributed by atoms with Crippen LogP contribution in [0.2, 0.25) is 19.6 Å². The number of halogens is 2. The second-order valence-electron chi connectivity index (χ2n) is 4.36. The third-order valence-corrected chi connectivity index (χ3v) is 4.54. The van der Waals surface area contributed by atoms with Gasteiger partial charge in [-0.25, -0.2) is 4.39 Å². The van der Waals surface area contributed by atoms with Gasteiger partial charge in [0.1, 0.15) is 5.82 Å². The highest BCUT2D eigenvalue weighted by atomic mass is 79.9. The van der Waals surface area contributed by atoms with Gasteiger partial charge in [0.05, 0.1) is 12.5 Å². The maximum Gasteiger partial charge on any atom is 0.136 e. The molecule has 0 heterocycles. The molecule has 1 aromatic rings. The first kappa shape index (κ1) is 10.9. The van der Waals surface area contributed by atoms with E-state index < -0.39 is 8.07 Å². The third-order valence-electron chi connectivity index (χ3n) is 1.98. The summed E-state index contributed by atoms with van der Waals surface area (Å²) in [7, 11) is -1.55. The molecule has 0 atom stereocenters. The van der Waals surface area contributed by atoms with Crippen LogP contribution in [0.3, 0.4) is 0 Å². The number of hydrogen-bond acceptors (Lipinski definition) is 0. The molecule has 0 aliphatic rings. The van der Waals surface area contributed by atoms with Crippen LogP contribution in [0, 0.1) is 12.7 Å². The fourth-order valence-electron chi connectivity index (χ4n) is 1.27. The average Bonchev–Trinajstić information content (AvgIpc) is 1.94. The van der Waals surface area contributed by atoms with Gasteiger partial charge >= 0.3 is 0 Å². The highest BCUT2D eigenvalue weighted by molar-refractivity contribution is 9.10. The predicted molar refractivity (Wildman–Crippen MR) is 61.8 cm³/mol. The van der Waals surface area contributed by atoms with Crippen LogP contribution in [0.1, 0.15) is 5.56 Å². The summed E-state index contributed by atoms with van der Waals surface area (Å²) in [6.45, 7) is 8.44. The summed E-state index contributed by atoms with van der Waals surface area (Å²) in [5, 5.41) is 0.902. The van der Waals surface area contributed by atoms with Crippen molar-refractivity contribution >= 4 is 29.2 Å². The van der Waals surface area contributed by atoms with Crippen LogP contribution < -0.4 is 5.19 Å². The molecule has 0 aromatic heterocycles. The molecule has 0 radical (unpaired) electrons. The summed E-state index contributed by atoms with van der Waals surface area (Å²) in [6, 6.07) is 3.78. The van der Waals surface area contributed by atoms with Crippen LogP contribution >= 0.6 is 15.9 Å². The summed E-state index contributed by atoms with van der Waals surface area (Å²) in [5.41, 5.74) is 1.12. The molecule has 0 bridgehead atoms. The first-order valence-corrected chi connectivity index (χ1v) is 8.58. The van der Waals surface area contributed by atoms with Crippen LogP contribution in [0.5, 0.6) is 0 Å². The Morgan fingerprint density at radius 1 is 1.23 bits per heavy atom. The van der Waals surface area contributed by atoms with Gasteiger partial charge in [-0.15, -0.1) is 0 Å². The van der Waals surface area contributed by atoms with Crippen molar-refractivity contribution in [1.29, 1.82) is 0 Å². The molecular weight excluding hydrogens is 247 g/mol. The van der Waals surface area contributed by atoms with Crippen molar-refractivity contribution in [1.82, 2.24) is 0 Å². The van der Waals surface area contributed by atoms with Gasteiger partial charge < -0.3 is 0 Å². The van der Waals surface area contributed by atoms with Gasteiger partial charge in [-0.05, 0) is 39.7 Å². The Kier molecular flexibility index (Phi) is 2.97. The zero-order valence-corrected chi connectivity index (χ0v) is 11.0. The second kappa shape index (κ2) is 3.54. The van der Waals surface area contributed by atoms with Gasteiger partial charge in [-0.1, -0.05) is 25.7 Å². The fraction of sp³-hybridized carbons (Fsp3) is 0.400. The Labute approximate surface area is 88.3 Å². The summed E-state index contributed by atoms with van der Waals surface area (Å²) in [6.07, 6.45) is 0. The van der Waals surface area contributed by atoms with Gasteiger partial charge in [0.2, 0.25) is 0 Å². The average molecular weight is 261 g/mol. The van der Waals surface area contributed by atoms with Crippen LogP contribution in [0.4, 0.5) is 4.39 Å². The van der Waals surface area contributed by atoms with Gasteiger partial charge in [-0.3, -0.25) is 0 Å². The Morgan fingerprint density at radius 3 is 2.23 bits per heavy atom. The molecule has 0 aliphatic carbocycles. The number of benzene rings is 1. The first-order valence-electron chi connectivity index (χ1n) is 4.28. The van der Waals surface area contributed by atoms with Gasteiger partial charge in [-0.2, -0.15) is 0 Å². The molecule has 1 rings (SSSR count). The molecule has 1 aromatic carbocycles. The lowest BCUT2D eigenvalue weighted by Gasteiger charge is -2.18. The van der Waals surface area contributed by atoms with Crippen LogP contribution in [0.25, 0.3) is 0 Å². The molecule has 0 saturated carbocycles. The van der Waals surface area contributed by atoms with Crippen LogP contribution in [0.15, 0.2) is 16.6 Å². The maximum atomic E-state index is 13.7. The van der Waals surface area contributed by atoms with Crippen molar-refractivity contribution < 1.29 is 4.39 Å². The Hall–Kier alpha value is -0.153. The summed E-state index contributed by atoms with van der Waals surface area (Å²) in [5.74, 6) is -0.0789. The third kappa shape index (κ3) is 2.41. The monoisotopic (exact) mass is 260 g/mol. The molecule has 13 heavy (non-hydrogen) atoms. The zero-order chi connectivity index (χ0) is 10.2. The van der Waals surface area contributed by atoms with Crippen molar-refractivity contribution in [3.8, 4) is 0 Å². The minimum atomic E-state index is -1.55. The Balaban J connectivity index is 3.37. The van der Waals surface area contributed by atoms with Crippen LogP contribution in [-0.2, 0) is 0 Å².